The highest BCUT2D eigenvalue weighted by atomic mass is 32.2. The monoisotopic (exact) mass is 387 g/mol. The number of nitrogens with one attached hydrogen (secondary N) is 1. The van der Waals surface area contributed by atoms with Crippen LogP contribution in [0.15, 0.2) is 29.0 Å². The molecule has 1 atom stereocenters. The van der Waals surface area contributed by atoms with Crippen LogP contribution in [0.4, 0.5) is 11.6 Å². The molecule has 0 amide bonds. The minimum atomic E-state index is -2.37. The molecule has 1 N–H and O–H groups in total. The van der Waals surface area contributed by atoms with Crippen molar-refractivity contribution in [1.82, 2.24) is 24.9 Å². The number of anilines is 1. The number of aromatic nitrogens is 5. The molecule has 0 radical (unpaired) electrons. The third-order valence-corrected chi connectivity index (χ3v) is 4.87. The zero-order chi connectivity index (χ0) is 19.0. The molecule has 9 nitrogen and oxygen atoms in total. The van der Waals surface area contributed by atoms with E-state index in [1.807, 2.05) is 6.07 Å². The van der Waals surface area contributed by atoms with Crippen molar-refractivity contribution in [2.24, 2.45) is 4.36 Å². The first-order valence-electron chi connectivity index (χ1n) is 8.60. The number of fused-ring (bicyclic) bond motifs is 1. The Hall–Kier alpha value is -2.59. The van der Waals surface area contributed by atoms with Crippen molar-refractivity contribution in [3.63, 3.8) is 0 Å². The summed E-state index contributed by atoms with van der Waals surface area (Å²) in [7, 11) is -2.37. The Labute approximate surface area is 157 Å². The van der Waals surface area contributed by atoms with Gasteiger partial charge in [0.05, 0.1) is 19.3 Å². The average molecular weight is 387 g/mol. The lowest BCUT2D eigenvalue weighted by molar-refractivity contribution is 0.0985. The van der Waals surface area contributed by atoms with E-state index in [4.69, 9.17) is 9.72 Å². The van der Waals surface area contributed by atoms with Gasteiger partial charge in [0.2, 0.25) is 0 Å². The largest absolute Gasteiger partial charge is 0.377 e. The Morgan fingerprint density at radius 1 is 1.33 bits per heavy atom. The van der Waals surface area contributed by atoms with Gasteiger partial charge >= 0.3 is 0 Å². The standard InChI is InChI=1S/C17H21N7O2S/c1-11-9-26-7-6-24(11)14-8-13(23-27(2,3)25)21-17(22-14)15-12-4-5-18-16(12)20-10-19-15/h4-5,8,10-11H,6-7,9H2,1-3H3,(H,18,19,20)/t11-/m1/s1. The lowest BCUT2D eigenvalue weighted by Crippen LogP contribution is -2.44. The predicted octanol–water partition coefficient (Wildman–Crippen LogP) is 2.00. The predicted molar refractivity (Wildman–Crippen MR) is 105 cm³/mol. The second-order valence-corrected chi connectivity index (χ2v) is 9.31. The topological polar surface area (TPSA) is 109 Å². The van der Waals surface area contributed by atoms with Crippen LogP contribution in [-0.4, -0.2) is 67.4 Å². The fourth-order valence-electron chi connectivity index (χ4n) is 3.07. The maximum absolute atomic E-state index is 12.2. The number of ether oxygens (including phenoxy) is 1. The number of H-pyrrole nitrogens is 1. The summed E-state index contributed by atoms with van der Waals surface area (Å²) in [5, 5.41) is 0.823. The quantitative estimate of drug-likeness (QED) is 0.732. The van der Waals surface area contributed by atoms with Crippen molar-refractivity contribution in [3.05, 3.63) is 24.7 Å². The van der Waals surface area contributed by atoms with Crippen LogP contribution >= 0.6 is 0 Å². The summed E-state index contributed by atoms with van der Waals surface area (Å²) < 4.78 is 22.1. The molecular weight excluding hydrogens is 366 g/mol. The number of rotatable bonds is 3. The van der Waals surface area contributed by atoms with Crippen molar-refractivity contribution in [3.8, 4) is 11.5 Å². The molecule has 1 fully saturated rings. The summed E-state index contributed by atoms with van der Waals surface area (Å²) in [6.07, 6.45) is 6.44. The van der Waals surface area contributed by atoms with Crippen molar-refractivity contribution < 1.29 is 8.95 Å². The summed E-state index contributed by atoms with van der Waals surface area (Å²) in [5.41, 5.74) is 1.32. The second-order valence-electron chi connectivity index (χ2n) is 6.76. The molecule has 0 saturated carbocycles. The first-order valence-corrected chi connectivity index (χ1v) is 10.9. The number of nitrogens with zero attached hydrogens (tertiary/aromatic N) is 6. The smallest absolute Gasteiger partial charge is 0.183 e. The molecule has 1 aliphatic heterocycles. The lowest BCUT2D eigenvalue weighted by Gasteiger charge is -2.34. The van der Waals surface area contributed by atoms with E-state index in [-0.39, 0.29) is 6.04 Å². The number of morpholine rings is 1. The molecule has 3 aromatic rings. The molecular formula is C17H21N7O2S. The van der Waals surface area contributed by atoms with Gasteiger partial charge in [0.1, 0.15) is 23.5 Å². The van der Waals surface area contributed by atoms with Crippen LogP contribution in [0.1, 0.15) is 6.92 Å². The number of hydrogen-bond donors (Lipinski definition) is 1. The molecule has 142 valence electrons. The third kappa shape index (κ3) is 3.76. The fraction of sp³-hybridized carbons (Fsp3) is 0.412. The lowest BCUT2D eigenvalue weighted by atomic mass is 10.2. The van der Waals surface area contributed by atoms with Crippen LogP contribution in [0.5, 0.6) is 0 Å². The van der Waals surface area contributed by atoms with Crippen LogP contribution in [-0.2, 0) is 14.5 Å². The van der Waals surface area contributed by atoms with Gasteiger partial charge < -0.3 is 14.6 Å². The zero-order valence-corrected chi connectivity index (χ0v) is 16.2. The van der Waals surface area contributed by atoms with Gasteiger partial charge in [0.15, 0.2) is 11.6 Å². The van der Waals surface area contributed by atoms with Crippen molar-refractivity contribution in [1.29, 1.82) is 0 Å². The van der Waals surface area contributed by atoms with E-state index in [9.17, 15) is 4.21 Å². The van der Waals surface area contributed by atoms with Crippen LogP contribution in [0.2, 0.25) is 0 Å². The molecule has 27 heavy (non-hydrogen) atoms. The highest BCUT2D eigenvalue weighted by Gasteiger charge is 2.22. The summed E-state index contributed by atoms with van der Waals surface area (Å²) in [4.78, 5) is 23.1. The molecule has 4 rings (SSSR count). The van der Waals surface area contributed by atoms with Gasteiger partial charge in [-0.1, -0.05) is 0 Å². The first kappa shape index (κ1) is 17.8. The van der Waals surface area contributed by atoms with E-state index in [1.165, 1.54) is 6.33 Å². The maximum Gasteiger partial charge on any atom is 0.183 e. The minimum Gasteiger partial charge on any atom is -0.377 e. The molecule has 0 unspecified atom stereocenters. The number of aromatic amines is 1. The molecule has 1 aliphatic rings. The van der Waals surface area contributed by atoms with E-state index >= 15 is 0 Å². The second kappa shape index (κ2) is 6.86. The van der Waals surface area contributed by atoms with Gasteiger partial charge in [-0.15, -0.1) is 0 Å². The highest BCUT2D eigenvalue weighted by molar-refractivity contribution is 7.92. The summed E-state index contributed by atoms with van der Waals surface area (Å²) in [6.45, 7) is 4.05. The molecule has 0 bridgehead atoms. The van der Waals surface area contributed by atoms with E-state index < -0.39 is 9.73 Å². The van der Waals surface area contributed by atoms with Crippen molar-refractivity contribution >= 4 is 32.4 Å². The van der Waals surface area contributed by atoms with Gasteiger partial charge in [-0.2, -0.15) is 4.36 Å². The van der Waals surface area contributed by atoms with Gasteiger partial charge in [0.25, 0.3) is 0 Å². The maximum atomic E-state index is 12.2. The molecule has 1 saturated heterocycles. The van der Waals surface area contributed by atoms with Gasteiger partial charge in [-0.05, 0) is 13.0 Å². The van der Waals surface area contributed by atoms with Gasteiger partial charge in [-0.3, -0.25) is 0 Å². The molecule has 0 aromatic carbocycles. The average Bonchev–Trinajstić information content (AvgIpc) is 3.09. The molecule has 0 spiro atoms. The summed E-state index contributed by atoms with van der Waals surface area (Å²) in [6, 6.07) is 3.82. The Kier molecular flexibility index (Phi) is 4.52. The van der Waals surface area contributed by atoms with E-state index in [2.05, 4.69) is 36.1 Å². The Bertz CT molecular complexity index is 1100. The molecule has 10 heteroatoms. The fourth-order valence-corrected chi connectivity index (χ4v) is 3.61. The number of hydrogen-bond acceptors (Lipinski definition) is 8. The van der Waals surface area contributed by atoms with Gasteiger partial charge in [-0.25, -0.2) is 24.1 Å². The Morgan fingerprint density at radius 3 is 2.96 bits per heavy atom. The van der Waals surface area contributed by atoms with Crippen LogP contribution in [0.3, 0.4) is 0 Å². The summed E-state index contributed by atoms with van der Waals surface area (Å²) in [5.74, 6) is 1.53. The van der Waals surface area contributed by atoms with E-state index in [0.717, 1.165) is 11.2 Å². The molecule has 0 aliphatic carbocycles. The normalized spacial score (nSPS) is 18.0. The van der Waals surface area contributed by atoms with Crippen LogP contribution in [0.25, 0.3) is 22.6 Å². The SMILES string of the molecule is C[C@@H]1COCCN1c1cc(N=S(C)(C)=O)nc(-c2ncnc3[nH]ccc23)n1. The van der Waals surface area contributed by atoms with E-state index in [0.29, 0.717) is 42.7 Å². The zero-order valence-electron chi connectivity index (χ0n) is 15.4. The third-order valence-electron chi connectivity index (χ3n) is 4.24. The Morgan fingerprint density at radius 2 is 2.19 bits per heavy atom. The first-order chi connectivity index (χ1) is 12.9. The highest BCUT2D eigenvalue weighted by Crippen LogP contribution is 2.28. The minimum absolute atomic E-state index is 0.166. The van der Waals surface area contributed by atoms with Crippen LogP contribution in [0, 0.1) is 0 Å². The van der Waals surface area contributed by atoms with E-state index in [1.54, 1.807) is 24.8 Å². The summed E-state index contributed by atoms with van der Waals surface area (Å²) >= 11 is 0. The van der Waals surface area contributed by atoms with Crippen LogP contribution < -0.4 is 4.90 Å². The van der Waals surface area contributed by atoms with Crippen molar-refractivity contribution in [2.45, 2.75) is 13.0 Å². The molecule has 4 heterocycles. The Balaban J connectivity index is 1.91. The van der Waals surface area contributed by atoms with Gasteiger partial charge in [0, 0.05) is 46.4 Å². The molecule has 3 aromatic heterocycles. The van der Waals surface area contributed by atoms with Crippen molar-refractivity contribution in [2.75, 3.05) is 37.2 Å².